The first-order valence-corrected chi connectivity index (χ1v) is 8.36. The van der Waals surface area contributed by atoms with E-state index in [0.717, 1.165) is 22.7 Å². The van der Waals surface area contributed by atoms with Gasteiger partial charge in [0.15, 0.2) is 5.65 Å². The van der Waals surface area contributed by atoms with Gasteiger partial charge in [0.1, 0.15) is 11.9 Å². The number of imidazole rings is 1. The molecule has 0 aliphatic rings. The molecule has 1 aromatic carbocycles. The summed E-state index contributed by atoms with van der Waals surface area (Å²) < 4.78 is 3.74. The van der Waals surface area contributed by atoms with Crippen LogP contribution in [0.4, 0.5) is 5.69 Å². The monoisotopic (exact) mass is 346 g/mol. The number of pyridine rings is 1. The van der Waals surface area contributed by atoms with Crippen LogP contribution in [0.3, 0.4) is 0 Å². The lowest BCUT2D eigenvalue weighted by atomic mass is 10.1. The Morgan fingerprint density at radius 2 is 1.96 bits per heavy atom. The molecule has 1 atom stereocenters. The molecule has 0 aliphatic heterocycles. The van der Waals surface area contributed by atoms with Crippen molar-refractivity contribution in [2.45, 2.75) is 19.4 Å². The van der Waals surface area contributed by atoms with Crippen molar-refractivity contribution in [3.63, 3.8) is 0 Å². The van der Waals surface area contributed by atoms with Crippen LogP contribution in [0.2, 0.25) is 0 Å². The molecule has 0 fully saturated rings. The van der Waals surface area contributed by atoms with Crippen molar-refractivity contribution in [3.05, 3.63) is 78.8 Å². The van der Waals surface area contributed by atoms with Gasteiger partial charge in [0.05, 0.1) is 6.33 Å². The van der Waals surface area contributed by atoms with Gasteiger partial charge < -0.3 is 9.88 Å². The second-order valence-electron chi connectivity index (χ2n) is 6.09. The van der Waals surface area contributed by atoms with Gasteiger partial charge in [0.25, 0.3) is 0 Å². The summed E-state index contributed by atoms with van der Waals surface area (Å²) in [5.74, 6) is 0.797. The number of benzene rings is 1. The molecule has 7 heteroatoms. The maximum atomic E-state index is 12.3. The lowest BCUT2D eigenvalue weighted by Crippen LogP contribution is -2.22. The van der Waals surface area contributed by atoms with Crippen LogP contribution in [-0.2, 0) is 11.2 Å². The van der Waals surface area contributed by atoms with Gasteiger partial charge in [0, 0.05) is 30.7 Å². The quantitative estimate of drug-likeness (QED) is 0.603. The minimum Gasteiger partial charge on any atom is -0.325 e. The van der Waals surface area contributed by atoms with Gasteiger partial charge in [-0.25, -0.2) is 4.98 Å². The van der Waals surface area contributed by atoms with Crippen LogP contribution in [0.1, 0.15) is 24.4 Å². The Kier molecular flexibility index (Phi) is 4.18. The SMILES string of the molecule is CC(C(=O)Nc1ccc(Cc2nnc3ccccn23)cc1)n1ccnc1. The molecule has 3 heterocycles. The van der Waals surface area contributed by atoms with E-state index in [4.69, 9.17) is 0 Å². The molecule has 1 amide bonds. The molecule has 0 spiro atoms. The van der Waals surface area contributed by atoms with Crippen molar-refractivity contribution in [2.24, 2.45) is 0 Å². The number of aromatic nitrogens is 5. The fourth-order valence-corrected chi connectivity index (χ4v) is 2.78. The molecule has 0 bridgehead atoms. The Labute approximate surface area is 150 Å². The zero-order valence-corrected chi connectivity index (χ0v) is 14.3. The lowest BCUT2D eigenvalue weighted by Gasteiger charge is -2.13. The number of carbonyl (C=O) groups excluding carboxylic acids is 1. The highest BCUT2D eigenvalue weighted by Gasteiger charge is 2.14. The topological polar surface area (TPSA) is 77.1 Å². The summed E-state index contributed by atoms with van der Waals surface area (Å²) in [6, 6.07) is 13.3. The number of anilines is 1. The van der Waals surface area contributed by atoms with E-state index in [1.807, 2.05) is 60.0 Å². The van der Waals surface area contributed by atoms with Gasteiger partial charge in [-0.2, -0.15) is 0 Å². The summed E-state index contributed by atoms with van der Waals surface area (Å²) in [7, 11) is 0. The molecule has 4 rings (SSSR count). The number of hydrogen-bond donors (Lipinski definition) is 1. The molecule has 4 aromatic rings. The number of rotatable bonds is 5. The van der Waals surface area contributed by atoms with Crippen LogP contribution in [0.5, 0.6) is 0 Å². The van der Waals surface area contributed by atoms with Gasteiger partial charge in [0.2, 0.25) is 5.91 Å². The number of fused-ring (bicyclic) bond motifs is 1. The van der Waals surface area contributed by atoms with Gasteiger partial charge in [-0.3, -0.25) is 9.20 Å². The zero-order chi connectivity index (χ0) is 17.9. The third kappa shape index (κ3) is 3.19. The summed E-state index contributed by atoms with van der Waals surface area (Å²) in [5, 5.41) is 11.3. The minimum atomic E-state index is -0.320. The van der Waals surface area contributed by atoms with Crippen LogP contribution in [0, 0.1) is 0 Å². The number of nitrogens with zero attached hydrogens (tertiary/aromatic N) is 5. The molecule has 0 aliphatic carbocycles. The van der Waals surface area contributed by atoms with Crippen molar-refractivity contribution in [3.8, 4) is 0 Å². The number of amides is 1. The van der Waals surface area contributed by atoms with E-state index in [1.165, 1.54) is 0 Å². The van der Waals surface area contributed by atoms with E-state index in [-0.39, 0.29) is 11.9 Å². The highest BCUT2D eigenvalue weighted by Crippen LogP contribution is 2.15. The third-order valence-electron chi connectivity index (χ3n) is 4.32. The van der Waals surface area contributed by atoms with E-state index in [1.54, 1.807) is 23.3 Å². The van der Waals surface area contributed by atoms with Crippen molar-refractivity contribution >= 4 is 17.2 Å². The Hall–Kier alpha value is -3.48. The number of carbonyl (C=O) groups is 1. The molecular formula is C19H18N6O. The maximum Gasteiger partial charge on any atom is 0.247 e. The molecule has 0 saturated carbocycles. The van der Waals surface area contributed by atoms with E-state index >= 15 is 0 Å². The first-order chi connectivity index (χ1) is 12.7. The van der Waals surface area contributed by atoms with Crippen LogP contribution in [0.15, 0.2) is 67.4 Å². The van der Waals surface area contributed by atoms with Gasteiger partial charge >= 0.3 is 0 Å². The average molecular weight is 346 g/mol. The molecule has 130 valence electrons. The molecule has 1 unspecified atom stereocenters. The molecule has 1 N–H and O–H groups in total. The fourth-order valence-electron chi connectivity index (χ4n) is 2.78. The molecule has 0 saturated heterocycles. The third-order valence-corrected chi connectivity index (χ3v) is 4.32. The maximum absolute atomic E-state index is 12.3. The van der Waals surface area contributed by atoms with E-state index < -0.39 is 0 Å². The minimum absolute atomic E-state index is 0.0841. The summed E-state index contributed by atoms with van der Waals surface area (Å²) in [5.41, 5.74) is 2.69. The number of nitrogens with one attached hydrogen (secondary N) is 1. The first kappa shape index (κ1) is 16.0. The normalized spacial score (nSPS) is 12.2. The van der Waals surface area contributed by atoms with Crippen LogP contribution >= 0.6 is 0 Å². The average Bonchev–Trinajstić information content (AvgIpc) is 3.33. The molecule has 3 aromatic heterocycles. The lowest BCUT2D eigenvalue weighted by molar-refractivity contribution is -0.118. The summed E-state index contributed by atoms with van der Waals surface area (Å²) in [6.07, 6.45) is 7.70. The summed E-state index contributed by atoms with van der Waals surface area (Å²) >= 11 is 0. The van der Waals surface area contributed by atoms with Gasteiger partial charge in [-0.05, 0) is 36.8 Å². The smallest absolute Gasteiger partial charge is 0.247 e. The largest absolute Gasteiger partial charge is 0.325 e. The molecule has 0 radical (unpaired) electrons. The highest BCUT2D eigenvalue weighted by molar-refractivity contribution is 5.93. The van der Waals surface area contributed by atoms with Crippen LogP contribution < -0.4 is 5.32 Å². The van der Waals surface area contributed by atoms with Crippen molar-refractivity contribution in [1.82, 2.24) is 24.1 Å². The van der Waals surface area contributed by atoms with Crippen molar-refractivity contribution in [1.29, 1.82) is 0 Å². The first-order valence-electron chi connectivity index (χ1n) is 8.36. The predicted octanol–water partition coefficient (Wildman–Crippen LogP) is 2.72. The Morgan fingerprint density at radius 1 is 1.12 bits per heavy atom. The number of hydrogen-bond acceptors (Lipinski definition) is 4. The van der Waals surface area contributed by atoms with Crippen molar-refractivity contribution in [2.75, 3.05) is 5.32 Å². The van der Waals surface area contributed by atoms with E-state index in [2.05, 4.69) is 20.5 Å². The van der Waals surface area contributed by atoms with Gasteiger partial charge in [-0.1, -0.05) is 18.2 Å². The molecular weight excluding hydrogens is 328 g/mol. The Morgan fingerprint density at radius 3 is 2.73 bits per heavy atom. The fraction of sp³-hybridized carbons (Fsp3) is 0.158. The molecule has 7 nitrogen and oxygen atoms in total. The Bertz CT molecular complexity index is 1020. The predicted molar refractivity (Wildman–Crippen MR) is 97.8 cm³/mol. The van der Waals surface area contributed by atoms with Gasteiger partial charge in [-0.15, -0.1) is 10.2 Å². The summed E-state index contributed by atoms with van der Waals surface area (Å²) in [4.78, 5) is 16.3. The van der Waals surface area contributed by atoms with E-state index in [0.29, 0.717) is 6.42 Å². The highest BCUT2D eigenvalue weighted by atomic mass is 16.2. The second-order valence-corrected chi connectivity index (χ2v) is 6.09. The summed E-state index contributed by atoms with van der Waals surface area (Å²) in [6.45, 7) is 1.84. The van der Waals surface area contributed by atoms with Crippen LogP contribution in [0.25, 0.3) is 5.65 Å². The van der Waals surface area contributed by atoms with Crippen LogP contribution in [-0.4, -0.2) is 30.1 Å². The standard InChI is InChI=1S/C19H18N6O/c1-14(24-11-9-20-13-24)19(26)21-16-7-5-15(6-8-16)12-18-23-22-17-4-2-3-10-25(17)18/h2-11,13-14H,12H2,1H3,(H,21,26). The molecule has 26 heavy (non-hydrogen) atoms. The second kappa shape index (κ2) is 6.79. The Balaban J connectivity index is 1.44. The zero-order valence-electron chi connectivity index (χ0n) is 14.3. The van der Waals surface area contributed by atoms with Crippen molar-refractivity contribution < 1.29 is 4.79 Å². The van der Waals surface area contributed by atoms with E-state index in [9.17, 15) is 4.79 Å².